The molecule has 1 atom stereocenters. The van der Waals surface area contributed by atoms with Gasteiger partial charge < -0.3 is 9.64 Å². The summed E-state index contributed by atoms with van der Waals surface area (Å²) in [6, 6.07) is 12.3. The molecule has 1 saturated carbocycles. The van der Waals surface area contributed by atoms with Gasteiger partial charge in [-0.2, -0.15) is 9.78 Å². The van der Waals surface area contributed by atoms with Gasteiger partial charge in [0.15, 0.2) is 0 Å². The van der Waals surface area contributed by atoms with Gasteiger partial charge in [-0.15, -0.1) is 0 Å². The largest absolute Gasteiger partial charge is 0.442 e. The minimum atomic E-state index is -0.960. The minimum Gasteiger partial charge on any atom is -0.442 e. The Hall–Kier alpha value is -4.17. The van der Waals surface area contributed by atoms with Crippen molar-refractivity contribution in [2.24, 2.45) is 5.11 Å². The highest BCUT2D eigenvalue weighted by molar-refractivity contribution is 5.96. The maximum atomic E-state index is 13.8. The van der Waals surface area contributed by atoms with Crippen molar-refractivity contribution in [3.8, 4) is 11.1 Å². The average molecular weight is 531 g/mol. The number of aryl methyl sites for hydroxylation is 2. The van der Waals surface area contributed by atoms with Crippen LogP contribution in [-0.2, 0) is 17.6 Å². The summed E-state index contributed by atoms with van der Waals surface area (Å²) in [7, 11) is 0. The van der Waals surface area contributed by atoms with Gasteiger partial charge in [0.2, 0.25) is 0 Å². The highest BCUT2D eigenvalue weighted by atomic mass is 19.1. The number of azide groups is 1. The lowest BCUT2D eigenvalue weighted by molar-refractivity contribution is 0.0441. The first-order chi connectivity index (χ1) is 18.6. The van der Waals surface area contributed by atoms with Crippen molar-refractivity contribution < 1.29 is 18.7 Å². The molecule has 0 radical (unpaired) electrons. The van der Waals surface area contributed by atoms with Crippen LogP contribution in [-0.4, -0.2) is 50.9 Å². The van der Waals surface area contributed by atoms with Gasteiger partial charge >= 0.3 is 6.09 Å². The van der Waals surface area contributed by atoms with Crippen LogP contribution >= 0.6 is 0 Å². The molecule has 2 aromatic carbocycles. The highest BCUT2D eigenvalue weighted by Gasteiger charge is 2.40. The van der Waals surface area contributed by atoms with E-state index < -0.39 is 11.7 Å². The predicted octanol–water partition coefficient (Wildman–Crippen LogP) is 6.23. The third kappa shape index (κ3) is 5.81. The molecule has 202 valence electrons. The summed E-state index contributed by atoms with van der Waals surface area (Å²) in [6.07, 6.45) is 5.04. The van der Waals surface area contributed by atoms with E-state index in [0.717, 1.165) is 47.2 Å². The molecule has 1 heterocycles. The van der Waals surface area contributed by atoms with E-state index in [1.54, 1.807) is 32.2 Å². The second kappa shape index (κ2) is 10.5. The fourth-order valence-electron chi connectivity index (χ4n) is 5.22. The van der Waals surface area contributed by atoms with Gasteiger partial charge in [-0.25, -0.2) is 9.18 Å². The first-order valence-electron chi connectivity index (χ1n) is 13.2. The van der Waals surface area contributed by atoms with E-state index in [9.17, 15) is 14.0 Å². The third-order valence-electron chi connectivity index (χ3n) is 7.31. The van der Waals surface area contributed by atoms with Crippen molar-refractivity contribution in [2.45, 2.75) is 70.6 Å². The number of hydrogen-bond donors (Lipinski definition) is 0. The summed E-state index contributed by atoms with van der Waals surface area (Å²) in [5.74, 6) is -0.276. The van der Waals surface area contributed by atoms with Crippen molar-refractivity contribution in [2.75, 3.05) is 6.54 Å². The van der Waals surface area contributed by atoms with Gasteiger partial charge in [0.1, 0.15) is 11.4 Å². The number of carbonyl (C=O) groups is 2. The first-order valence-corrected chi connectivity index (χ1v) is 13.2. The maximum absolute atomic E-state index is 13.8. The summed E-state index contributed by atoms with van der Waals surface area (Å²) in [4.78, 5) is 31.2. The molecule has 1 fully saturated rings. The minimum absolute atomic E-state index is 0.00431. The van der Waals surface area contributed by atoms with E-state index in [1.807, 2.05) is 30.0 Å². The second-order valence-electron chi connectivity index (χ2n) is 10.9. The van der Waals surface area contributed by atoms with Crippen LogP contribution in [0.25, 0.3) is 21.6 Å². The molecule has 2 aliphatic rings. The summed E-state index contributed by atoms with van der Waals surface area (Å²) in [6.45, 7) is 5.32. The molecule has 0 saturated heterocycles. The predicted molar refractivity (Wildman–Crippen MR) is 144 cm³/mol. The summed E-state index contributed by atoms with van der Waals surface area (Å²) >= 11 is 0. The third-order valence-corrected chi connectivity index (χ3v) is 7.31. The van der Waals surface area contributed by atoms with E-state index in [-0.39, 0.29) is 30.4 Å². The summed E-state index contributed by atoms with van der Waals surface area (Å²) < 4.78 is 20.1. The summed E-state index contributed by atoms with van der Waals surface area (Å²) in [5, 5.41) is 7.94. The smallest absolute Gasteiger partial charge is 0.435 e. The van der Waals surface area contributed by atoms with Gasteiger partial charge in [0, 0.05) is 28.8 Å². The van der Waals surface area contributed by atoms with Crippen LogP contribution < -0.4 is 0 Å². The van der Waals surface area contributed by atoms with Crippen LogP contribution in [0.1, 0.15) is 60.3 Å². The number of aromatic nitrogens is 2. The van der Waals surface area contributed by atoms with Crippen LogP contribution in [0.5, 0.6) is 0 Å². The van der Waals surface area contributed by atoms with Crippen LogP contribution in [0, 0.1) is 12.7 Å². The summed E-state index contributed by atoms with van der Waals surface area (Å²) in [5.41, 5.74) is 12.8. The molecule has 0 aliphatic heterocycles. The molecule has 1 unspecified atom stereocenters. The number of carbonyl (C=O) groups excluding carboxylic acids is 2. The topological polar surface area (TPSA) is 113 Å². The zero-order valence-corrected chi connectivity index (χ0v) is 22.3. The van der Waals surface area contributed by atoms with Crippen LogP contribution in [0.3, 0.4) is 0 Å². The Balaban J connectivity index is 1.32. The molecule has 10 heteroatoms. The Labute approximate surface area is 226 Å². The van der Waals surface area contributed by atoms with Crippen LogP contribution in [0.4, 0.5) is 9.18 Å². The Morgan fingerprint density at radius 1 is 1.18 bits per heavy atom. The monoisotopic (exact) mass is 530 g/mol. The molecule has 1 aromatic heterocycles. The molecule has 2 aliphatic carbocycles. The number of hydrogen-bond acceptors (Lipinski definition) is 5. The van der Waals surface area contributed by atoms with Crippen molar-refractivity contribution >= 4 is 12.0 Å². The van der Waals surface area contributed by atoms with Gasteiger partial charge in [-0.3, -0.25) is 4.79 Å². The second-order valence-corrected chi connectivity index (χ2v) is 10.9. The van der Waals surface area contributed by atoms with Crippen LogP contribution in [0.15, 0.2) is 53.8 Å². The molecule has 0 spiro atoms. The molecular weight excluding hydrogens is 499 g/mol. The standard InChI is InChI=1S/C29H31FN6O3/c1-18-14-20(6-12-25(18)19-4-7-22(30)8-5-19)27(37)36(23-9-10-23)24-11-13-26-21(15-24)16-35(33-26)28(38)39-29(2,3)17-32-34-31/h4-8,12,14,16,23-24H,9-11,13,15,17H2,1-3H3. The van der Waals surface area contributed by atoms with Crippen molar-refractivity contribution in [3.05, 3.63) is 87.3 Å². The molecule has 39 heavy (non-hydrogen) atoms. The molecule has 3 aromatic rings. The quantitative estimate of drug-likeness (QED) is 0.205. The number of ether oxygens (including phenoxy) is 1. The molecule has 0 N–H and O–H groups in total. The fourth-order valence-corrected chi connectivity index (χ4v) is 5.22. The van der Waals surface area contributed by atoms with E-state index in [1.165, 1.54) is 16.8 Å². The number of nitrogens with zero attached hydrogens (tertiary/aromatic N) is 6. The SMILES string of the molecule is Cc1cc(C(=O)N(C2CC2)C2CCc3nn(C(=O)OC(C)(C)CN=[N+]=[N-])cc3C2)ccc1-c1ccc(F)cc1. The zero-order valence-electron chi connectivity index (χ0n) is 22.3. The van der Waals surface area contributed by atoms with Crippen molar-refractivity contribution in [3.63, 3.8) is 0 Å². The van der Waals surface area contributed by atoms with E-state index in [2.05, 4.69) is 15.1 Å². The van der Waals surface area contributed by atoms with Crippen molar-refractivity contribution in [1.29, 1.82) is 0 Å². The number of rotatable bonds is 7. The first kappa shape index (κ1) is 26.4. The van der Waals surface area contributed by atoms with Crippen LogP contribution in [0.2, 0.25) is 0 Å². The fraction of sp³-hybridized carbons (Fsp3) is 0.414. The zero-order chi connectivity index (χ0) is 27.7. The molecular formula is C29H31FN6O3. The number of halogens is 1. The molecule has 5 rings (SSSR count). The van der Waals surface area contributed by atoms with Gasteiger partial charge in [0.05, 0.1) is 12.2 Å². The molecule has 9 nitrogen and oxygen atoms in total. The number of benzene rings is 2. The Bertz CT molecular complexity index is 1450. The van der Waals surface area contributed by atoms with Gasteiger partial charge in [0.25, 0.3) is 5.91 Å². The van der Waals surface area contributed by atoms with E-state index in [4.69, 9.17) is 10.3 Å². The Kier molecular flexibility index (Phi) is 7.14. The van der Waals surface area contributed by atoms with E-state index in [0.29, 0.717) is 18.4 Å². The highest BCUT2D eigenvalue weighted by Crippen LogP contribution is 2.35. The number of fused-ring (bicyclic) bond motifs is 1. The van der Waals surface area contributed by atoms with Crippen molar-refractivity contribution in [1.82, 2.24) is 14.7 Å². The van der Waals surface area contributed by atoms with E-state index >= 15 is 0 Å². The Morgan fingerprint density at radius 3 is 2.59 bits per heavy atom. The molecule has 1 amide bonds. The average Bonchev–Trinajstić information content (AvgIpc) is 3.64. The van der Waals surface area contributed by atoms with Gasteiger partial charge in [-0.1, -0.05) is 23.3 Å². The number of amides is 1. The lowest BCUT2D eigenvalue weighted by Gasteiger charge is -2.34. The maximum Gasteiger partial charge on any atom is 0.435 e. The van der Waals surface area contributed by atoms with Gasteiger partial charge in [-0.05, 0) is 105 Å². The lowest BCUT2D eigenvalue weighted by Crippen LogP contribution is -2.44. The lowest BCUT2D eigenvalue weighted by atomic mass is 9.91. The Morgan fingerprint density at radius 2 is 1.92 bits per heavy atom. The molecule has 0 bridgehead atoms. The normalized spacial score (nSPS) is 16.7.